The Kier molecular flexibility index (Phi) is 4.14. The number of nitrogens with two attached hydrogens (primary N) is 1. The highest BCUT2D eigenvalue weighted by atomic mass is 16.3. The Bertz CT molecular complexity index is 235. The number of hydrogen-bond acceptors (Lipinski definition) is 2. The van der Waals surface area contributed by atoms with Crippen LogP contribution in [0.3, 0.4) is 0 Å². The monoisotopic (exact) mass is 239 g/mol. The smallest absolute Gasteiger partial charge is 0.0826 e. The molecule has 3 N–H and O–H groups in total. The average Bonchev–Trinajstić information content (AvgIpc) is 2.56. The first-order valence-electron chi connectivity index (χ1n) is 7.61. The molecule has 2 nitrogen and oxygen atoms in total. The molecule has 0 radical (unpaired) electrons. The van der Waals surface area contributed by atoms with Crippen LogP contribution in [0, 0.1) is 5.92 Å². The topological polar surface area (TPSA) is 46.2 Å². The predicted octanol–water partition coefficient (Wildman–Crippen LogP) is 3.37. The van der Waals surface area contributed by atoms with Gasteiger partial charge in [-0.1, -0.05) is 39.0 Å². The van der Waals surface area contributed by atoms with Crippen LogP contribution in [0.4, 0.5) is 0 Å². The molecule has 0 amide bonds. The molecule has 0 heterocycles. The summed E-state index contributed by atoms with van der Waals surface area (Å²) < 4.78 is 0. The minimum Gasteiger partial charge on any atom is -0.388 e. The first-order valence-corrected chi connectivity index (χ1v) is 7.61. The number of rotatable bonds is 2. The van der Waals surface area contributed by atoms with E-state index in [-0.39, 0.29) is 5.54 Å². The predicted molar refractivity (Wildman–Crippen MR) is 71.8 cm³/mol. The third-order valence-electron chi connectivity index (χ3n) is 5.43. The van der Waals surface area contributed by atoms with Crippen LogP contribution < -0.4 is 5.73 Å². The van der Waals surface area contributed by atoms with E-state index in [0.717, 1.165) is 31.6 Å². The highest BCUT2D eigenvalue weighted by Crippen LogP contribution is 2.44. The molecule has 17 heavy (non-hydrogen) atoms. The SMILES string of the molecule is CCC1CCC(O)(C2(N)CCCCCC2)CC1. The van der Waals surface area contributed by atoms with Gasteiger partial charge in [0.15, 0.2) is 0 Å². The molecule has 2 saturated carbocycles. The van der Waals surface area contributed by atoms with Gasteiger partial charge in [-0.2, -0.15) is 0 Å². The fourth-order valence-electron chi connectivity index (χ4n) is 3.89. The third-order valence-corrected chi connectivity index (χ3v) is 5.43. The Balaban J connectivity index is 2.03. The Morgan fingerprint density at radius 3 is 2.00 bits per heavy atom. The lowest BCUT2D eigenvalue weighted by atomic mass is 9.65. The van der Waals surface area contributed by atoms with E-state index in [9.17, 15) is 5.11 Å². The molecule has 0 atom stereocenters. The molecule has 0 spiro atoms. The summed E-state index contributed by atoms with van der Waals surface area (Å²) in [7, 11) is 0. The zero-order valence-corrected chi connectivity index (χ0v) is 11.4. The molecular formula is C15H29NO. The Hall–Kier alpha value is -0.0800. The molecule has 0 aromatic rings. The van der Waals surface area contributed by atoms with Gasteiger partial charge in [-0.25, -0.2) is 0 Å². The van der Waals surface area contributed by atoms with Gasteiger partial charge in [-0.3, -0.25) is 0 Å². The average molecular weight is 239 g/mol. The van der Waals surface area contributed by atoms with Crippen LogP contribution in [0.15, 0.2) is 0 Å². The van der Waals surface area contributed by atoms with E-state index < -0.39 is 5.60 Å². The Labute approximate surface area is 106 Å². The fourth-order valence-corrected chi connectivity index (χ4v) is 3.89. The summed E-state index contributed by atoms with van der Waals surface area (Å²) in [5.74, 6) is 0.824. The van der Waals surface area contributed by atoms with Crippen LogP contribution in [0.1, 0.15) is 77.6 Å². The molecule has 0 saturated heterocycles. The highest BCUT2D eigenvalue weighted by Gasteiger charge is 2.48. The quantitative estimate of drug-likeness (QED) is 0.726. The van der Waals surface area contributed by atoms with Gasteiger partial charge in [0.1, 0.15) is 0 Å². The maximum Gasteiger partial charge on any atom is 0.0826 e. The minimum absolute atomic E-state index is 0.289. The van der Waals surface area contributed by atoms with Gasteiger partial charge in [0.05, 0.1) is 5.60 Å². The standard InChI is InChI=1S/C15H29NO/c1-2-13-7-11-15(17,12-8-13)14(16)9-5-3-4-6-10-14/h13,17H,2-12,16H2,1H3. The van der Waals surface area contributed by atoms with Crippen molar-refractivity contribution in [3.05, 3.63) is 0 Å². The van der Waals surface area contributed by atoms with Gasteiger partial charge in [0, 0.05) is 5.54 Å². The summed E-state index contributed by atoms with van der Waals surface area (Å²) in [6, 6.07) is 0. The zero-order valence-electron chi connectivity index (χ0n) is 11.4. The van der Waals surface area contributed by atoms with Crippen molar-refractivity contribution in [3.8, 4) is 0 Å². The van der Waals surface area contributed by atoms with Gasteiger partial charge >= 0.3 is 0 Å². The van der Waals surface area contributed by atoms with Crippen molar-refractivity contribution in [2.45, 2.75) is 88.7 Å². The molecule has 0 aromatic heterocycles. The van der Waals surface area contributed by atoms with Crippen molar-refractivity contribution in [3.63, 3.8) is 0 Å². The van der Waals surface area contributed by atoms with Crippen molar-refractivity contribution < 1.29 is 5.11 Å². The molecule has 2 heteroatoms. The summed E-state index contributed by atoms with van der Waals surface area (Å²) in [4.78, 5) is 0. The second-order valence-corrected chi connectivity index (χ2v) is 6.45. The molecule has 0 aromatic carbocycles. The summed E-state index contributed by atoms with van der Waals surface area (Å²) in [5, 5.41) is 11.0. The molecule has 0 bridgehead atoms. The van der Waals surface area contributed by atoms with E-state index in [1.807, 2.05) is 0 Å². The van der Waals surface area contributed by atoms with Crippen molar-refractivity contribution in [1.29, 1.82) is 0 Å². The summed E-state index contributed by atoms with van der Waals surface area (Å²) >= 11 is 0. The van der Waals surface area contributed by atoms with E-state index in [0.29, 0.717) is 0 Å². The summed E-state index contributed by atoms with van der Waals surface area (Å²) in [6.07, 6.45) is 12.5. The van der Waals surface area contributed by atoms with Crippen LogP contribution in [0.2, 0.25) is 0 Å². The summed E-state index contributed by atoms with van der Waals surface area (Å²) in [5.41, 5.74) is 5.75. The van der Waals surface area contributed by atoms with Crippen molar-refractivity contribution in [2.75, 3.05) is 0 Å². The van der Waals surface area contributed by atoms with E-state index >= 15 is 0 Å². The van der Waals surface area contributed by atoms with Crippen molar-refractivity contribution in [2.24, 2.45) is 11.7 Å². The summed E-state index contributed by atoms with van der Waals surface area (Å²) in [6.45, 7) is 2.26. The van der Waals surface area contributed by atoms with Gasteiger partial charge in [0.25, 0.3) is 0 Å². The largest absolute Gasteiger partial charge is 0.388 e. The number of aliphatic hydroxyl groups is 1. The Morgan fingerprint density at radius 1 is 1.00 bits per heavy atom. The van der Waals surface area contributed by atoms with Crippen molar-refractivity contribution >= 4 is 0 Å². The molecule has 100 valence electrons. The maximum absolute atomic E-state index is 11.0. The van der Waals surface area contributed by atoms with Gasteiger partial charge < -0.3 is 10.8 Å². The molecular weight excluding hydrogens is 210 g/mol. The van der Waals surface area contributed by atoms with Gasteiger partial charge in [0.2, 0.25) is 0 Å². The second kappa shape index (κ2) is 5.27. The first kappa shape index (κ1) is 13.4. The zero-order chi connectivity index (χ0) is 12.4. The van der Waals surface area contributed by atoms with Crippen molar-refractivity contribution in [1.82, 2.24) is 0 Å². The maximum atomic E-state index is 11.0. The lowest BCUT2D eigenvalue weighted by Gasteiger charge is -2.48. The van der Waals surface area contributed by atoms with E-state index in [1.54, 1.807) is 0 Å². The second-order valence-electron chi connectivity index (χ2n) is 6.45. The van der Waals surface area contributed by atoms with Gasteiger partial charge in [-0.05, 0) is 44.4 Å². The van der Waals surface area contributed by atoms with Crippen LogP contribution in [-0.2, 0) is 0 Å². The van der Waals surface area contributed by atoms with Crippen LogP contribution in [-0.4, -0.2) is 16.2 Å². The Morgan fingerprint density at radius 2 is 1.53 bits per heavy atom. The minimum atomic E-state index is -0.566. The number of hydrogen-bond donors (Lipinski definition) is 2. The molecule has 2 aliphatic carbocycles. The molecule has 2 aliphatic rings. The molecule has 2 rings (SSSR count). The lowest BCUT2D eigenvalue weighted by Crippen LogP contribution is -2.61. The van der Waals surface area contributed by atoms with Crippen LogP contribution >= 0.6 is 0 Å². The molecule has 0 aliphatic heterocycles. The van der Waals surface area contributed by atoms with E-state index in [4.69, 9.17) is 5.73 Å². The first-order chi connectivity index (χ1) is 8.10. The molecule has 0 unspecified atom stereocenters. The van der Waals surface area contributed by atoms with Gasteiger partial charge in [-0.15, -0.1) is 0 Å². The van der Waals surface area contributed by atoms with E-state index in [1.165, 1.54) is 44.9 Å². The van der Waals surface area contributed by atoms with E-state index in [2.05, 4.69) is 6.92 Å². The molecule has 2 fully saturated rings. The third kappa shape index (κ3) is 2.68. The lowest BCUT2D eigenvalue weighted by molar-refractivity contribution is -0.0795. The fraction of sp³-hybridized carbons (Fsp3) is 1.00. The van der Waals surface area contributed by atoms with Crippen LogP contribution in [0.5, 0.6) is 0 Å². The normalized spacial score (nSPS) is 38.6. The van der Waals surface area contributed by atoms with Crippen LogP contribution in [0.25, 0.3) is 0 Å². The highest BCUT2D eigenvalue weighted by molar-refractivity contribution is 5.05.